The minimum Gasteiger partial charge on any atom is -0.468 e. The summed E-state index contributed by atoms with van der Waals surface area (Å²) in [7, 11) is 0. The number of benzene rings is 2. The molecule has 0 saturated carbocycles. The van der Waals surface area contributed by atoms with Crippen LogP contribution in [0.15, 0.2) is 76.2 Å². The van der Waals surface area contributed by atoms with E-state index in [4.69, 9.17) is 4.42 Å². The molecule has 4 nitrogen and oxygen atoms in total. The van der Waals surface area contributed by atoms with Gasteiger partial charge in [-0.2, -0.15) is 0 Å². The van der Waals surface area contributed by atoms with Crippen molar-refractivity contribution in [2.75, 3.05) is 4.90 Å². The van der Waals surface area contributed by atoms with Crippen molar-refractivity contribution in [1.82, 2.24) is 0 Å². The Morgan fingerprint density at radius 3 is 2.43 bits per heavy atom. The summed E-state index contributed by atoms with van der Waals surface area (Å²) in [6.45, 7) is 0. The van der Waals surface area contributed by atoms with E-state index in [9.17, 15) is 18.4 Å². The summed E-state index contributed by atoms with van der Waals surface area (Å²) in [5.41, 5.74) is 0.282. The van der Waals surface area contributed by atoms with Gasteiger partial charge in [-0.3, -0.25) is 9.59 Å². The van der Waals surface area contributed by atoms with Crippen molar-refractivity contribution in [3.63, 3.8) is 0 Å². The topological polar surface area (TPSA) is 50.5 Å². The molecule has 2 aromatic carbocycles. The number of rotatable bonds is 5. The van der Waals surface area contributed by atoms with E-state index in [1.165, 1.54) is 6.26 Å². The summed E-state index contributed by atoms with van der Waals surface area (Å²) in [6, 6.07) is 14.8. The normalized spacial score (nSPS) is 14.3. The molecule has 1 aromatic heterocycles. The minimum atomic E-state index is -0.854. The second-order valence-corrected chi connectivity index (χ2v) is 6.97. The molecule has 2 heterocycles. The van der Waals surface area contributed by atoms with E-state index in [0.717, 1.165) is 30.0 Å². The van der Waals surface area contributed by atoms with E-state index in [-0.39, 0.29) is 10.5 Å². The number of furan rings is 1. The Hall–Kier alpha value is -3.19. The summed E-state index contributed by atoms with van der Waals surface area (Å²) in [5.74, 6) is -2.03. The molecule has 0 N–H and O–H groups in total. The van der Waals surface area contributed by atoms with E-state index in [2.05, 4.69) is 0 Å². The van der Waals surface area contributed by atoms with Crippen molar-refractivity contribution in [2.45, 2.75) is 5.75 Å². The summed E-state index contributed by atoms with van der Waals surface area (Å²) >= 11 is 1.12. The van der Waals surface area contributed by atoms with Crippen molar-refractivity contribution in [2.24, 2.45) is 0 Å². The van der Waals surface area contributed by atoms with Gasteiger partial charge in [0, 0.05) is 6.07 Å². The maximum atomic E-state index is 14.3. The van der Waals surface area contributed by atoms with Crippen LogP contribution in [0.2, 0.25) is 0 Å². The van der Waals surface area contributed by atoms with E-state index >= 15 is 0 Å². The zero-order chi connectivity index (χ0) is 19.7. The van der Waals surface area contributed by atoms with Gasteiger partial charge in [-0.15, -0.1) is 11.8 Å². The predicted octanol–water partition coefficient (Wildman–Crippen LogP) is 4.78. The van der Waals surface area contributed by atoms with E-state index in [1.54, 1.807) is 42.5 Å². The Labute approximate surface area is 163 Å². The molecule has 7 heteroatoms. The molecule has 1 aliphatic rings. The van der Waals surface area contributed by atoms with Crippen LogP contribution >= 0.6 is 11.8 Å². The first-order valence-electron chi connectivity index (χ1n) is 8.35. The zero-order valence-corrected chi connectivity index (χ0v) is 15.2. The predicted molar refractivity (Wildman–Crippen MR) is 102 cm³/mol. The van der Waals surface area contributed by atoms with Crippen molar-refractivity contribution in [3.8, 4) is 0 Å². The van der Waals surface area contributed by atoms with Crippen LogP contribution in [0.25, 0.3) is 5.57 Å². The lowest BCUT2D eigenvalue weighted by Gasteiger charge is -2.16. The largest absolute Gasteiger partial charge is 0.468 e. The van der Waals surface area contributed by atoms with Gasteiger partial charge in [0.2, 0.25) is 0 Å². The summed E-state index contributed by atoms with van der Waals surface area (Å²) in [6.07, 6.45) is 1.51. The second kappa shape index (κ2) is 7.44. The number of imide groups is 1. The van der Waals surface area contributed by atoms with Crippen LogP contribution in [0.4, 0.5) is 14.5 Å². The molecule has 0 atom stereocenters. The molecule has 0 unspecified atom stereocenters. The van der Waals surface area contributed by atoms with Crippen molar-refractivity contribution in [1.29, 1.82) is 0 Å². The van der Waals surface area contributed by atoms with E-state index in [0.29, 0.717) is 22.0 Å². The maximum Gasteiger partial charge on any atom is 0.272 e. The van der Waals surface area contributed by atoms with Crippen LogP contribution in [0.5, 0.6) is 0 Å². The van der Waals surface area contributed by atoms with Crippen LogP contribution in [-0.4, -0.2) is 11.8 Å². The van der Waals surface area contributed by atoms with Gasteiger partial charge in [0.1, 0.15) is 17.4 Å². The van der Waals surface area contributed by atoms with Crippen molar-refractivity contribution >= 4 is 34.8 Å². The highest BCUT2D eigenvalue weighted by molar-refractivity contribution is 8.03. The van der Waals surface area contributed by atoms with Gasteiger partial charge in [-0.1, -0.05) is 30.3 Å². The summed E-state index contributed by atoms with van der Waals surface area (Å²) in [4.78, 5) is 27.0. The number of nitrogens with zero attached hydrogens (tertiary/aromatic N) is 1. The highest BCUT2D eigenvalue weighted by atomic mass is 32.2. The van der Waals surface area contributed by atoms with Gasteiger partial charge in [-0.05, 0) is 29.8 Å². The lowest BCUT2D eigenvalue weighted by Crippen LogP contribution is -2.32. The van der Waals surface area contributed by atoms with Gasteiger partial charge >= 0.3 is 0 Å². The molecular weight excluding hydrogens is 384 g/mol. The lowest BCUT2D eigenvalue weighted by atomic mass is 10.1. The molecule has 4 rings (SSSR count). The number of halogens is 2. The van der Waals surface area contributed by atoms with Crippen LogP contribution in [-0.2, 0) is 15.3 Å². The fourth-order valence-corrected chi connectivity index (χ4v) is 3.93. The van der Waals surface area contributed by atoms with Gasteiger partial charge in [0.15, 0.2) is 0 Å². The molecule has 2 amide bonds. The van der Waals surface area contributed by atoms with E-state index < -0.39 is 29.1 Å². The van der Waals surface area contributed by atoms with Gasteiger partial charge in [0.05, 0.1) is 28.2 Å². The monoisotopic (exact) mass is 397 g/mol. The summed E-state index contributed by atoms with van der Waals surface area (Å²) in [5, 5.41) is 0. The van der Waals surface area contributed by atoms with Gasteiger partial charge in [0.25, 0.3) is 11.8 Å². The van der Waals surface area contributed by atoms with Gasteiger partial charge < -0.3 is 4.42 Å². The average molecular weight is 397 g/mol. The molecule has 28 heavy (non-hydrogen) atoms. The first-order valence-corrected chi connectivity index (χ1v) is 9.33. The zero-order valence-electron chi connectivity index (χ0n) is 14.4. The molecular formula is C21H13F2NO3S. The first-order chi connectivity index (χ1) is 13.6. The molecule has 0 spiro atoms. The molecule has 0 bridgehead atoms. The third-order valence-electron chi connectivity index (χ3n) is 4.19. The van der Waals surface area contributed by atoms with E-state index in [1.807, 2.05) is 0 Å². The molecule has 3 aromatic rings. The maximum absolute atomic E-state index is 14.3. The number of anilines is 1. The fourth-order valence-electron chi connectivity index (χ4n) is 2.92. The Bertz CT molecular complexity index is 1080. The van der Waals surface area contributed by atoms with Crippen LogP contribution in [0.3, 0.4) is 0 Å². The molecule has 140 valence electrons. The molecule has 0 aliphatic carbocycles. The number of thioether (sulfide) groups is 1. The first kappa shape index (κ1) is 18.2. The number of carbonyl (C=O) groups is 2. The standard InChI is InChI=1S/C21H13F2NO3S/c22-14-8-9-16(23)17(11-14)24-20(25)18(13-5-2-1-3-6-13)19(21(24)26)28-12-15-7-4-10-27-15/h1-11H,12H2. The highest BCUT2D eigenvalue weighted by Gasteiger charge is 2.41. The second-order valence-electron chi connectivity index (χ2n) is 5.98. The SMILES string of the molecule is O=C1C(SCc2ccco2)=C(c2ccccc2)C(=O)N1c1cc(F)ccc1F. The average Bonchev–Trinajstić information content (AvgIpc) is 3.29. The van der Waals surface area contributed by atoms with Crippen molar-refractivity contribution < 1.29 is 22.8 Å². The molecule has 1 aliphatic heterocycles. The number of hydrogen-bond acceptors (Lipinski definition) is 4. The molecule has 0 radical (unpaired) electrons. The summed E-state index contributed by atoms with van der Waals surface area (Å²) < 4.78 is 33.2. The third kappa shape index (κ3) is 3.25. The Balaban J connectivity index is 1.78. The Kier molecular flexibility index (Phi) is 4.83. The Morgan fingerprint density at radius 1 is 0.929 bits per heavy atom. The number of carbonyl (C=O) groups excluding carboxylic acids is 2. The quantitative estimate of drug-likeness (QED) is 0.582. The van der Waals surface area contributed by atoms with Crippen LogP contribution in [0, 0.1) is 11.6 Å². The lowest BCUT2D eigenvalue weighted by molar-refractivity contribution is -0.119. The molecule has 0 fully saturated rings. The third-order valence-corrected chi connectivity index (χ3v) is 5.29. The van der Waals surface area contributed by atoms with Crippen LogP contribution in [0.1, 0.15) is 11.3 Å². The molecule has 0 saturated heterocycles. The minimum absolute atomic E-state index is 0.158. The highest BCUT2D eigenvalue weighted by Crippen LogP contribution is 2.40. The Morgan fingerprint density at radius 2 is 1.71 bits per heavy atom. The number of amides is 2. The smallest absolute Gasteiger partial charge is 0.272 e. The van der Waals surface area contributed by atoms with Crippen molar-refractivity contribution in [3.05, 3.63) is 94.8 Å². The van der Waals surface area contributed by atoms with Crippen LogP contribution < -0.4 is 4.90 Å². The fraction of sp³-hybridized carbons (Fsp3) is 0.0476. The number of hydrogen-bond donors (Lipinski definition) is 0. The van der Waals surface area contributed by atoms with Gasteiger partial charge in [-0.25, -0.2) is 13.7 Å².